The first kappa shape index (κ1) is 18.4. The fraction of sp³-hybridized carbons (Fsp3) is 0.227. The molecule has 28 heavy (non-hydrogen) atoms. The topological polar surface area (TPSA) is 54.6 Å². The Morgan fingerprint density at radius 2 is 2.14 bits per heavy atom. The smallest absolute Gasteiger partial charge is 0.254 e. The Kier molecular flexibility index (Phi) is 5.01. The lowest BCUT2D eigenvalue weighted by molar-refractivity contribution is 0.0732. The summed E-state index contributed by atoms with van der Waals surface area (Å²) in [4.78, 5) is 18.3. The minimum atomic E-state index is -0.0316. The van der Waals surface area contributed by atoms with Crippen LogP contribution in [0.4, 0.5) is 0 Å². The van der Waals surface area contributed by atoms with Gasteiger partial charge >= 0.3 is 0 Å². The Hall–Kier alpha value is -2.92. The van der Waals surface area contributed by atoms with Gasteiger partial charge in [-0.3, -0.25) is 4.79 Å². The van der Waals surface area contributed by atoms with E-state index in [4.69, 9.17) is 21.1 Å². The molecule has 6 heteroatoms. The second kappa shape index (κ2) is 7.60. The number of benzene rings is 2. The maximum Gasteiger partial charge on any atom is 0.254 e. The van der Waals surface area contributed by atoms with Gasteiger partial charge in [0.15, 0.2) is 11.5 Å². The van der Waals surface area contributed by atoms with Crippen molar-refractivity contribution in [3.8, 4) is 11.5 Å². The van der Waals surface area contributed by atoms with Crippen LogP contribution in [0.15, 0.2) is 49.1 Å². The molecular formula is C22H21ClN2O3. The summed E-state index contributed by atoms with van der Waals surface area (Å²) >= 11 is 6.14. The van der Waals surface area contributed by atoms with Crippen molar-refractivity contribution >= 4 is 28.4 Å². The number of nitrogens with zero attached hydrogens (tertiary/aromatic N) is 1. The number of hydrogen-bond acceptors (Lipinski definition) is 3. The number of hydrogen-bond donors (Lipinski definition) is 1. The molecule has 3 aromatic rings. The summed E-state index contributed by atoms with van der Waals surface area (Å²) in [6.07, 6.45) is 2.45. The molecule has 5 nitrogen and oxygen atoms in total. The number of rotatable bonds is 5. The average molecular weight is 397 g/mol. The van der Waals surface area contributed by atoms with Gasteiger partial charge in [-0.05, 0) is 48.4 Å². The second-order valence-electron chi connectivity index (χ2n) is 6.71. The number of halogens is 1. The zero-order valence-corrected chi connectivity index (χ0v) is 16.4. The SMILES string of the molecule is C=CCOc1ccc(C(=O)N2CCc3c([nH]c4ccc(Cl)cc34)C2)cc1OC. The van der Waals surface area contributed by atoms with E-state index < -0.39 is 0 Å². The van der Waals surface area contributed by atoms with Crippen molar-refractivity contribution in [2.24, 2.45) is 0 Å². The van der Waals surface area contributed by atoms with Crippen LogP contribution in [0, 0.1) is 0 Å². The van der Waals surface area contributed by atoms with Gasteiger partial charge in [0.2, 0.25) is 0 Å². The predicted molar refractivity (Wildman–Crippen MR) is 110 cm³/mol. The predicted octanol–water partition coefficient (Wildman–Crippen LogP) is 4.59. The number of carbonyl (C=O) groups is 1. The quantitative estimate of drug-likeness (QED) is 0.641. The molecule has 0 unspecified atom stereocenters. The molecule has 0 aliphatic carbocycles. The highest BCUT2D eigenvalue weighted by atomic mass is 35.5. The monoisotopic (exact) mass is 396 g/mol. The maximum absolute atomic E-state index is 13.1. The van der Waals surface area contributed by atoms with Gasteiger partial charge < -0.3 is 19.4 Å². The maximum atomic E-state index is 13.1. The fourth-order valence-electron chi connectivity index (χ4n) is 3.64. The van der Waals surface area contributed by atoms with Gasteiger partial charge in [0.05, 0.1) is 13.7 Å². The number of amides is 1. The molecule has 1 amide bonds. The van der Waals surface area contributed by atoms with E-state index in [2.05, 4.69) is 11.6 Å². The van der Waals surface area contributed by atoms with Gasteiger partial charge in [-0.1, -0.05) is 24.3 Å². The highest BCUT2D eigenvalue weighted by molar-refractivity contribution is 6.31. The molecule has 4 rings (SSSR count). The zero-order valence-electron chi connectivity index (χ0n) is 15.6. The summed E-state index contributed by atoms with van der Waals surface area (Å²) in [5.41, 5.74) is 3.93. The molecule has 0 atom stereocenters. The Morgan fingerprint density at radius 1 is 1.29 bits per heavy atom. The Balaban J connectivity index is 1.58. The molecule has 0 spiro atoms. The molecule has 0 saturated carbocycles. The summed E-state index contributed by atoms with van der Waals surface area (Å²) < 4.78 is 10.9. The second-order valence-corrected chi connectivity index (χ2v) is 7.15. The largest absolute Gasteiger partial charge is 0.493 e. The first-order valence-corrected chi connectivity index (χ1v) is 9.48. The van der Waals surface area contributed by atoms with Gasteiger partial charge in [-0.25, -0.2) is 0 Å². The fourth-order valence-corrected chi connectivity index (χ4v) is 3.81. The number of aromatic amines is 1. The van der Waals surface area contributed by atoms with E-state index in [1.54, 1.807) is 31.4 Å². The molecular weight excluding hydrogens is 376 g/mol. The van der Waals surface area contributed by atoms with E-state index >= 15 is 0 Å². The number of ether oxygens (including phenoxy) is 2. The van der Waals surface area contributed by atoms with E-state index in [1.165, 1.54) is 5.56 Å². The van der Waals surface area contributed by atoms with Crippen molar-refractivity contribution in [3.63, 3.8) is 0 Å². The Bertz CT molecular complexity index is 1060. The first-order chi connectivity index (χ1) is 13.6. The van der Waals surface area contributed by atoms with E-state index in [0.29, 0.717) is 36.8 Å². The van der Waals surface area contributed by atoms with Gasteiger partial charge in [0.25, 0.3) is 5.91 Å². The van der Waals surface area contributed by atoms with Crippen molar-refractivity contribution in [3.05, 3.63) is 70.9 Å². The average Bonchev–Trinajstić information content (AvgIpc) is 3.08. The van der Waals surface area contributed by atoms with Crippen molar-refractivity contribution in [2.45, 2.75) is 13.0 Å². The van der Waals surface area contributed by atoms with E-state index in [0.717, 1.165) is 28.0 Å². The molecule has 0 bridgehead atoms. The summed E-state index contributed by atoms with van der Waals surface area (Å²) in [6.45, 7) is 5.21. The first-order valence-electron chi connectivity index (χ1n) is 9.10. The molecule has 1 aromatic heterocycles. The van der Waals surface area contributed by atoms with Crippen LogP contribution < -0.4 is 9.47 Å². The normalized spacial score (nSPS) is 13.3. The summed E-state index contributed by atoms with van der Waals surface area (Å²) in [7, 11) is 1.56. The summed E-state index contributed by atoms with van der Waals surface area (Å²) in [5.74, 6) is 1.09. The molecule has 2 aromatic carbocycles. The van der Waals surface area contributed by atoms with Crippen LogP contribution in [0.5, 0.6) is 11.5 Å². The molecule has 0 fully saturated rings. The number of fused-ring (bicyclic) bond motifs is 3. The summed E-state index contributed by atoms with van der Waals surface area (Å²) in [5, 5.41) is 1.86. The van der Waals surface area contributed by atoms with Crippen molar-refractivity contribution in [1.29, 1.82) is 0 Å². The lowest BCUT2D eigenvalue weighted by atomic mass is 10.0. The van der Waals surface area contributed by atoms with Gasteiger partial charge in [-0.2, -0.15) is 0 Å². The van der Waals surface area contributed by atoms with Gasteiger partial charge in [-0.15, -0.1) is 0 Å². The molecule has 1 N–H and O–H groups in total. The third kappa shape index (κ3) is 3.34. The van der Waals surface area contributed by atoms with Crippen LogP contribution in [-0.2, 0) is 13.0 Å². The zero-order chi connectivity index (χ0) is 19.7. The number of carbonyl (C=O) groups excluding carboxylic acids is 1. The van der Waals surface area contributed by atoms with Crippen LogP contribution in [0.2, 0.25) is 5.02 Å². The highest BCUT2D eigenvalue weighted by Crippen LogP contribution is 2.32. The van der Waals surface area contributed by atoms with Crippen LogP contribution in [-0.4, -0.2) is 36.1 Å². The third-order valence-corrected chi connectivity index (χ3v) is 5.23. The Labute approximate surface area is 168 Å². The lowest BCUT2D eigenvalue weighted by Crippen LogP contribution is -2.35. The van der Waals surface area contributed by atoms with Gasteiger partial charge in [0.1, 0.15) is 6.61 Å². The molecule has 0 radical (unpaired) electrons. The van der Waals surface area contributed by atoms with E-state index in [1.807, 2.05) is 23.1 Å². The lowest BCUT2D eigenvalue weighted by Gasteiger charge is -2.27. The molecule has 2 heterocycles. The molecule has 0 saturated heterocycles. The Morgan fingerprint density at radius 3 is 2.93 bits per heavy atom. The number of methoxy groups -OCH3 is 1. The number of nitrogens with one attached hydrogen (secondary N) is 1. The third-order valence-electron chi connectivity index (χ3n) is 4.99. The number of aromatic nitrogens is 1. The standard InChI is InChI=1S/C22H21ClN2O3/c1-3-10-28-20-7-4-14(11-21(20)27-2)22(26)25-9-8-16-17-12-15(23)5-6-18(17)24-19(16)13-25/h3-7,11-12,24H,1,8-10,13H2,2H3. The van der Waals surface area contributed by atoms with Crippen molar-refractivity contribution in [1.82, 2.24) is 9.88 Å². The van der Waals surface area contributed by atoms with Crippen LogP contribution in [0.25, 0.3) is 10.9 Å². The van der Waals surface area contributed by atoms with E-state index in [9.17, 15) is 4.79 Å². The van der Waals surface area contributed by atoms with Crippen molar-refractivity contribution in [2.75, 3.05) is 20.3 Å². The highest BCUT2D eigenvalue weighted by Gasteiger charge is 2.25. The number of H-pyrrole nitrogens is 1. The molecule has 1 aliphatic heterocycles. The molecule has 144 valence electrons. The van der Waals surface area contributed by atoms with Crippen LogP contribution in [0.1, 0.15) is 21.6 Å². The van der Waals surface area contributed by atoms with E-state index in [-0.39, 0.29) is 5.91 Å². The summed E-state index contributed by atoms with van der Waals surface area (Å²) in [6, 6.07) is 11.1. The minimum Gasteiger partial charge on any atom is -0.493 e. The van der Waals surface area contributed by atoms with Crippen LogP contribution in [0.3, 0.4) is 0 Å². The minimum absolute atomic E-state index is 0.0316. The van der Waals surface area contributed by atoms with Crippen molar-refractivity contribution < 1.29 is 14.3 Å². The van der Waals surface area contributed by atoms with Crippen LogP contribution >= 0.6 is 11.6 Å². The molecule has 1 aliphatic rings. The van der Waals surface area contributed by atoms with Gasteiger partial charge in [0, 0.05) is 33.7 Å².